The monoisotopic (exact) mass is 762 g/mol. The van der Waals surface area contributed by atoms with Crippen molar-refractivity contribution in [2.75, 3.05) is 37.3 Å². The minimum absolute atomic E-state index is 0.0167. The van der Waals surface area contributed by atoms with Crippen molar-refractivity contribution >= 4 is 35.0 Å². The van der Waals surface area contributed by atoms with Crippen LogP contribution in [0.4, 0.5) is 11.4 Å². The third-order valence-corrected chi connectivity index (χ3v) is 11.3. The molecule has 0 bridgehead atoms. The molecule has 12 heteroatoms. The molecule has 0 saturated carbocycles. The highest BCUT2D eigenvalue weighted by atomic mass is 16.2. The van der Waals surface area contributed by atoms with Crippen molar-refractivity contribution < 1.29 is 19.2 Å². The van der Waals surface area contributed by atoms with Gasteiger partial charge in [0.2, 0.25) is 23.6 Å². The van der Waals surface area contributed by atoms with E-state index >= 15 is 0 Å². The molecule has 4 aromatic rings. The number of fused-ring (bicyclic) bond motifs is 2. The Morgan fingerprint density at radius 3 is 1.63 bits per heavy atom. The lowest BCUT2D eigenvalue weighted by atomic mass is 9.95. The van der Waals surface area contributed by atoms with Crippen LogP contribution in [0.3, 0.4) is 0 Å². The van der Waals surface area contributed by atoms with Gasteiger partial charge in [0.25, 0.3) is 0 Å². The number of nitrogens with zero attached hydrogens (tertiary/aromatic N) is 6. The predicted octanol–water partition coefficient (Wildman–Crippen LogP) is 6.30. The van der Waals surface area contributed by atoms with Gasteiger partial charge in [-0.3, -0.25) is 19.2 Å². The Balaban J connectivity index is 0.000000174. The van der Waals surface area contributed by atoms with Gasteiger partial charge in [-0.2, -0.15) is 10.5 Å². The molecule has 57 heavy (non-hydrogen) atoms. The van der Waals surface area contributed by atoms with E-state index in [4.69, 9.17) is 0 Å². The number of piperidine rings is 2. The van der Waals surface area contributed by atoms with Crippen LogP contribution in [0.1, 0.15) is 54.9 Å². The maximum absolute atomic E-state index is 12.9. The molecule has 2 N–H and O–H groups in total. The topological polar surface area (TPSA) is 153 Å². The van der Waals surface area contributed by atoms with E-state index in [2.05, 4.69) is 23.0 Å². The maximum Gasteiger partial charge on any atom is 0.229 e. The third-order valence-electron chi connectivity index (χ3n) is 11.3. The molecule has 0 aromatic heterocycles. The van der Waals surface area contributed by atoms with Crippen LogP contribution in [0.15, 0.2) is 84.9 Å². The highest BCUT2D eigenvalue weighted by molar-refractivity contribution is 5.96. The highest BCUT2D eigenvalue weighted by Gasteiger charge is 2.30. The van der Waals surface area contributed by atoms with Crippen molar-refractivity contribution in [3.8, 4) is 34.6 Å². The molecule has 0 aliphatic carbocycles. The van der Waals surface area contributed by atoms with Gasteiger partial charge in [0.05, 0.1) is 38.0 Å². The standard InChI is InChI=1S/C23H24N4O2.C22H22N4O2/c1-16(28)27-9-5-8-18(13-27)23(29)25-20-10-19-12-26(15-24)14-22(19)21(11-20)17-6-3-2-4-7-17;1-25-11-16(7-8-21(25)27)22(28)24-18-9-17-12-26(14-23)13-20(17)19(10-18)15-5-3-2-4-6-15/h2-4,6-7,10-11,18H,5,8-9,12-14H2,1H3,(H,25,29);2-6,9-10,16H,7-8,11-13H2,1H3,(H,24,28). The minimum Gasteiger partial charge on any atom is -0.345 e. The quantitative estimate of drug-likeness (QED) is 0.217. The first-order valence-corrected chi connectivity index (χ1v) is 19.4. The Labute approximate surface area is 333 Å². The summed E-state index contributed by atoms with van der Waals surface area (Å²) in [4.78, 5) is 55.8. The van der Waals surface area contributed by atoms with Crippen LogP contribution in [0.25, 0.3) is 22.3 Å². The van der Waals surface area contributed by atoms with E-state index in [1.807, 2.05) is 84.9 Å². The van der Waals surface area contributed by atoms with Crippen LogP contribution in [-0.4, -0.2) is 69.9 Å². The molecule has 2 saturated heterocycles. The summed E-state index contributed by atoms with van der Waals surface area (Å²) in [6.45, 7) is 5.46. The van der Waals surface area contributed by atoms with Crippen LogP contribution < -0.4 is 10.6 Å². The van der Waals surface area contributed by atoms with Gasteiger partial charge in [0.1, 0.15) is 0 Å². The van der Waals surface area contributed by atoms with Crippen molar-refractivity contribution in [1.82, 2.24) is 19.6 Å². The van der Waals surface area contributed by atoms with Gasteiger partial charge >= 0.3 is 0 Å². The van der Waals surface area contributed by atoms with Gasteiger partial charge < -0.3 is 30.2 Å². The molecule has 4 aromatic carbocycles. The first kappa shape index (κ1) is 38.6. The van der Waals surface area contributed by atoms with Crippen LogP contribution in [-0.2, 0) is 45.4 Å². The Hall–Kier alpha value is -6.66. The molecule has 4 aliphatic rings. The molecule has 0 radical (unpaired) electrons. The SMILES string of the molecule is CC(=O)N1CCCC(C(=O)Nc2cc3c(c(-c4ccccc4)c2)CN(C#N)C3)C1.CN1CC(C(=O)Nc2cc3c(c(-c4ccccc4)c2)CN(C#N)C3)CCC1=O. The van der Waals surface area contributed by atoms with Crippen molar-refractivity contribution in [1.29, 1.82) is 10.5 Å². The summed E-state index contributed by atoms with van der Waals surface area (Å²) in [7, 11) is 1.74. The molecule has 0 spiro atoms. The molecule has 290 valence electrons. The summed E-state index contributed by atoms with van der Waals surface area (Å²) in [6.07, 6.45) is 7.06. The number of hydrogen-bond acceptors (Lipinski definition) is 8. The molecular formula is C45H46N8O4. The molecule has 12 nitrogen and oxygen atoms in total. The Morgan fingerprint density at radius 2 is 1.18 bits per heavy atom. The zero-order chi connectivity index (χ0) is 40.1. The van der Waals surface area contributed by atoms with Gasteiger partial charge in [-0.1, -0.05) is 60.7 Å². The number of anilines is 2. The first-order valence-electron chi connectivity index (χ1n) is 19.4. The van der Waals surface area contributed by atoms with Gasteiger partial charge in [-0.15, -0.1) is 0 Å². The number of rotatable bonds is 6. The maximum atomic E-state index is 12.9. The normalized spacial score (nSPS) is 18.4. The predicted molar refractivity (Wildman–Crippen MR) is 216 cm³/mol. The molecule has 4 heterocycles. The summed E-state index contributed by atoms with van der Waals surface area (Å²) >= 11 is 0. The van der Waals surface area contributed by atoms with Crippen LogP contribution in [0.5, 0.6) is 0 Å². The molecular weight excluding hydrogens is 717 g/mol. The summed E-state index contributed by atoms with van der Waals surface area (Å²) in [5.74, 6) is -0.408. The lowest BCUT2D eigenvalue weighted by Gasteiger charge is -2.31. The van der Waals surface area contributed by atoms with Gasteiger partial charge in [-0.05, 0) is 88.0 Å². The number of carbonyl (C=O) groups is 4. The molecule has 2 fully saturated rings. The largest absolute Gasteiger partial charge is 0.345 e. The molecule has 2 atom stereocenters. The van der Waals surface area contributed by atoms with E-state index < -0.39 is 0 Å². The van der Waals surface area contributed by atoms with Crippen molar-refractivity contribution in [3.05, 3.63) is 107 Å². The number of carbonyl (C=O) groups excluding carboxylic acids is 4. The van der Waals surface area contributed by atoms with Crippen molar-refractivity contribution in [2.45, 2.75) is 58.8 Å². The molecule has 4 amide bonds. The van der Waals surface area contributed by atoms with Crippen molar-refractivity contribution in [2.24, 2.45) is 11.8 Å². The summed E-state index contributed by atoms with van der Waals surface area (Å²) < 4.78 is 0. The molecule has 4 aliphatic heterocycles. The number of likely N-dealkylation sites (tertiary alicyclic amines) is 2. The number of benzene rings is 4. The van der Waals surface area contributed by atoms with Gasteiger partial charge in [0.15, 0.2) is 12.4 Å². The van der Waals surface area contributed by atoms with Gasteiger partial charge in [-0.25, -0.2) is 0 Å². The second-order valence-corrected chi connectivity index (χ2v) is 15.3. The fraction of sp³-hybridized carbons (Fsp3) is 0.333. The number of nitriles is 2. The van der Waals surface area contributed by atoms with Crippen LogP contribution in [0, 0.1) is 34.7 Å². The first-order chi connectivity index (χ1) is 27.6. The summed E-state index contributed by atoms with van der Waals surface area (Å²) in [5.41, 5.74) is 10.1. The zero-order valence-electron chi connectivity index (χ0n) is 32.3. The molecule has 2 unspecified atom stereocenters. The number of hydrogen-bond donors (Lipinski definition) is 2. The van der Waals surface area contributed by atoms with E-state index in [1.54, 1.807) is 33.6 Å². The zero-order valence-corrected chi connectivity index (χ0v) is 32.3. The number of nitrogens with one attached hydrogen (secondary N) is 2. The van der Waals surface area contributed by atoms with Gasteiger partial charge in [0, 0.05) is 51.4 Å². The number of amides is 4. The molecule has 8 rings (SSSR count). The fourth-order valence-corrected chi connectivity index (χ4v) is 8.25. The summed E-state index contributed by atoms with van der Waals surface area (Å²) in [5, 5.41) is 24.7. The lowest BCUT2D eigenvalue weighted by molar-refractivity contribution is -0.136. The van der Waals surface area contributed by atoms with Crippen LogP contribution >= 0.6 is 0 Å². The van der Waals surface area contributed by atoms with Crippen LogP contribution in [0.2, 0.25) is 0 Å². The smallest absolute Gasteiger partial charge is 0.229 e. The Kier molecular flexibility index (Phi) is 11.5. The second kappa shape index (κ2) is 17.0. The Morgan fingerprint density at radius 1 is 0.684 bits per heavy atom. The fourth-order valence-electron chi connectivity index (χ4n) is 8.25. The van der Waals surface area contributed by atoms with E-state index in [9.17, 15) is 29.7 Å². The van der Waals surface area contributed by atoms with Crippen molar-refractivity contribution in [3.63, 3.8) is 0 Å². The summed E-state index contributed by atoms with van der Waals surface area (Å²) in [6, 6.07) is 28.0. The minimum atomic E-state index is -0.202. The second-order valence-electron chi connectivity index (χ2n) is 15.3. The van der Waals surface area contributed by atoms with E-state index in [1.165, 1.54) is 0 Å². The van der Waals surface area contributed by atoms with E-state index in [0.717, 1.165) is 75.3 Å². The van der Waals surface area contributed by atoms with E-state index in [0.29, 0.717) is 52.1 Å². The average molecular weight is 763 g/mol. The lowest BCUT2D eigenvalue weighted by Crippen LogP contribution is -2.42. The third kappa shape index (κ3) is 8.76. The Bertz CT molecular complexity index is 2260. The highest BCUT2D eigenvalue weighted by Crippen LogP contribution is 2.37. The average Bonchev–Trinajstić information content (AvgIpc) is 3.86. The van der Waals surface area contributed by atoms with E-state index in [-0.39, 0.29) is 35.5 Å².